The Hall–Kier alpha value is -3.47. The number of carbonyl (C=O) groups excluding carboxylic acids is 3. The van der Waals surface area contributed by atoms with Crippen molar-refractivity contribution in [2.45, 2.75) is 156 Å². The van der Waals surface area contributed by atoms with Crippen molar-refractivity contribution in [2.75, 3.05) is 19.8 Å². The summed E-state index contributed by atoms with van der Waals surface area (Å²) < 4.78 is 18.1. The summed E-state index contributed by atoms with van der Waals surface area (Å²) >= 11 is 0. The number of rotatable bonds is 27. The first-order valence-corrected chi connectivity index (χ1v) is 19.5. The predicted molar refractivity (Wildman–Crippen MR) is 208 cm³/mol. The Balaban J connectivity index is 2.24. The SMILES string of the molecule is CCCCCCOC(C)(C)C(=O)c1ccc(C(=O)O)c2c(C(=O)C(C)(C)OCCCCCC(=O)C(C)(C)OCC(CC)CCCC)ccc(C(=O)O)c12. The molecular weight excluding hydrogens is 676 g/mol. The molecule has 0 aliphatic heterocycles. The van der Waals surface area contributed by atoms with Crippen LogP contribution in [0.15, 0.2) is 24.3 Å². The van der Waals surface area contributed by atoms with Crippen LogP contribution in [0.3, 0.4) is 0 Å². The highest BCUT2D eigenvalue weighted by Gasteiger charge is 2.36. The number of carbonyl (C=O) groups is 5. The average molecular weight is 741 g/mol. The summed E-state index contributed by atoms with van der Waals surface area (Å²) in [6, 6.07) is 5.04. The Morgan fingerprint density at radius 3 is 1.42 bits per heavy atom. The zero-order valence-corrected chi connectivity index (χ0v) is 33.7. The lowest BCUT2D eigenvalue weighted by molar-refractivity contribution is -0.142. The fraction of sp³-hybridized carbons (Fsp3) is 0.651. The number of hydrogen-bond donors (Lipinski definition) is 2. The molecule has 0 heterocycles. The molecule has 0 bridgehead atoms. The molecule has 2 N–H and O–H groups in total. The fourth-order valence-electron chi connectivity index (χ4n) is 6.36. The van der Waals surface area contributed by atoms with Gasteiger partial charge in [0.2, 0.25) is 0 Å². The van der Waals surface area contributed by atoms with Crippen molar-refractivity contribution in [3.05, 3.63) is 46.5 Å². The number of hydrogen-bond acceptors (Lipinski definition) is 8. The number of fused-ring (bicyclic) bond motifs is 1. The normalized spacial score (nSPS) is 12.9. The van der Waals surface area contributed by atoms with E-state index < -0.39 is 40.3 Å². The maximum Gasteiger partial charge on any atom is 0.336 e. The van der Waals surface area contributed by atoms with Crippen LogP contribution < -0.4 is 0 Å². The summed E-state index contributed by atoms with van der Waals surface area (Å²) in [6.45, 7) is 17.5. The number of ketones is 3. The van der Waals surface area contributed by atoms with Crippen molar-refractivity contribution in [1.29, 1.82) is 0 Å². The summed E-state index contributed by atoms with van der Waals surface area (Å²) in [7, 11) is 0. The van der Waals surface area contributed by atoms with Crippen LogP contribution in [0.4, 0.5) is 0 Å². The molecule has 0 aliphatic rings. The number of ether oxygens (including phenoxy) is 3. The van der Waals surface area contributed by atoms with Gasteiger partial charge in [-0.05, 0) is 97.4 Å². The van der Waals surface area contributed by atoms with E-state index in [9.17, 15) is 34.2 Å². The lowest BCUT2D eigenvalue weighted by Gasteiger charge is -2.27. The molecule has 0 fully saturated rings. The maximum absolute atomic E-state index is 14.1. The van der Waals surface area contributed by atoms with Gasteiger partial charge in [-0.1, -0.05) is 65.7 Å². The standard InChI is InChI=1S/C43H64O10/c1-10-13-15-18-26-51-42(6,7)37(45)30-22-24-33(40(49)50)36-31(23-25-32(35(30)36)39(47)48)38(46)43(8,9)52-27-19-16-17-21-34(44)41(4,5)53-28-29(12-3)20-14-11-2/h22-25,29H,10-21,26-28H2,1-9H3,(H,47,48)(H,49,50). The highest BCUT2D eigenvalue weighted by Crippen LogP contribution is 2.35. The third-order valence-electron chi connectivity index (χ3n) is 10.1. The lowest BCUT2D eigenvalue weighted by atomic mass is 9.83. The molecule has 1 atom stereocenters. The highest BCUT2D eigenvalue weighted by atomic mass is 16.5. The molecule has 2 rings (SSSR count). The molecule has 0 aromatic heterocycles. The molecule has 10 nitrogen and oxygen atoms in total. The van der Waals surface area contributed by atoms with Gasteiger partial charge in [-0.25, -0.2) is 9.59 Å². The molecule has 296 valence electrons. The molecule has 10 heteroatoms. The maximum atomic E-state index is 14.1. The topological polar surface area (TPSA) is 154 Å². The summed E-state index contributed by atoms with van der Waals surface area (Å²) in [5.74, 6) is -3.34. The molecule has 2 aromatic carbocycles. The Morgan fingerprint density at radius 1 is 0.566 bits per heavy atom. The van der Waals surface area contributed by atoms with Gasteiger partial charge in [-0.15, -0.1) is 0 Å². The van der Waals surface area contributed by atoms with E-state index in [0.29, 0.717) is 44.8 Å². The first-order valence-electron chi connectivity index (χ1n) is 19.5. The second-order valence-electron chi connectivity index (χ2n) is 15.6. The second kappa shape index (κ2) is 20.8. The molecule has 2 aromatic rings. The first kappa shape index (κ1) is 45.7. The van der Waals surface area contributed by atoms with Crippen LogP contribution in [0.1, 0.15) is 181 Å². The van der Waals surface area contributed by atoms with Crippen LogP contribution in [-0.4, -0.2) is 76.1 Å². The van der Waals surface area contributed by atoms with Crippen LogP contribution in [-0.2, 0) is 19.0 Å². The van der Waals surface area contributed by atoms with Gasteiger partial charge < -0.3 is 24.4 Å². The predicted octanol–water partition coefficient (Wildman–Crippen LogP) is 9.91. The van der Waals surface area contributed by atoms with Crippen LogP contribution in [0.25, 0.3) is 10.8 Å². The van der Waals surface area contributed by atoms with Gasteiger partial charge in [0.25, 0.3) is 0 Å². The Kier molecular flexibility index (Phi) is 18.0. The molecule has 53 heavy (non-hydrogen) atoms. The third kappa shape index (κ3) is 12.8. The van der Waals surface area contributed by atoms with Crippen molar-refractivity contribution in [3.63, 3.8) is 0 Å². The number of Topliss-reactive ketones (excluding diaryl/α,β-unsaturated/α-hetero) is 3. The van der Waals surface area contributed by atoms with Crippen molar-refractivity contribution in [2.24, 2.45) is 5.92 Å². The van der Waals surface area contributed by atoms with Crippen LogP contribution in [0.2, 0.25) is 0 Å². The minimum atomic E-state index is -1.42. The molecule has 0 spiro atoms. The van der Waals surface area contributed by atoms with E-state index in [4.69, 9.17) is 14.2 Å². The van der Waals surface area contributed by atoms with Crippen molar-refractivity contribution in [1.82, 2.24) is 0 Å². The van der Waals surface area contributed by atoms with E-state index in [2.05, 4.69) is 20.8 Å². The van der Waals surface area contributed by atoms with Gasteiger partial charge in [0.05, 0.1) is 17.7 Å². The largest absolute Gasteiger partial charge is 0.478 e. The van der Waals surface area contributed by atoms with Gasteiger partial charge in [0, 0.05) is 41.5 Å². The summed E-state index contributed by atoms with van der Waals surface area (Å²) in [6.07, 6.45) is 10.4. The molecule has 1 unspecified atom stereocenters. The molecular formula is C43H64O10. The summed E-state index contributed by atoms with van der Waals surface area (Å²) in [4.78, 5) is 66.0. The van der Waals surface area contributed by atoms with Gasteiger partial charge in [-0.2, -0.15) is 0 Å². The number of unbranched alkanes of at least 4 members (excludes halogenated alkanes) is 6. The quantitative estimate of drug-likeness (QED) is 0.0668. The Bertz CT molecular complexity index is 1570. The number of aromatic carboxylic acids is 2. The first-order chi connectivity index (χ1) is 24.9. The number of carboxylic acids is 2. The molecule has 0 amide bonds. The Morgan fingerprint density at radius 2 is 1.00 bits per heavy atom. The van der Waals surface area contributed by atoms with Crippen molar-refractivity contribution < 1.29 is 48.4 Å². The number of benzene rings is 2. The zero-order valence-electron chi connectivity index (χ0n) is 33.7. The summed E-state index contributed by atoms with van der Waals surface area (Å²) in [5.41, 5.74) is -4.34. The fourth-order valence-corrected chi connectivity index (χ4v) is 6.36. The van der Waals surface area contributed by atoms with Gasteiger partial charge >= 0.3 is 11.9 Å². The second-order valence-corrected chi connectivity index (χ2v) is 15.6. The van der Waals surface area contributed by atoms with Crippen molar-refractivity contribution >= 4 is 40.1 Å². The molecule has 0 saturated carbocycles. The van der Waals surface area contributed by atoms with Crippen LogP contribution in [0, 0.1) is 5.92 Å². The number of carboxylic acid groups (broad SMARTS) is 2. The molecule has 0 aliphatic carbocycles. The minimum Gasteiger partial charge on any atom is -0.478 e. The van der Waals surface area contributed by atoms with E-state index in [0.717, 1.165) is 51.4 Å². The third-order valence-corrected chi connectivity index (χ3v) is 10.1. The average Bonchev–Trinajstić information content (AvgIpc) is 3.11. The lowest BCUT2D eigenvalue weighted by Crippen LogP contribution is -2.37. The highest BCUT2D eigenvalue weighted by molar-refractivity contribution is 6.25. The summed E-state index contributed by atoms with van der Waals surface area (Å²) in [5, 5.41) is 20.1. The smallest absolute Gasteiger partial charge is 0.336 e. The zero-order chi connectivity index (χ0) is 40.0. The van der Waals surface area contributed by atoms with E-state index >= 15 is 0 Å². The van der Waals surface area contributed by atoms with Gasteiger partial charge in [0.1, 0.15) is 16.8 Å². The van der Waals surface area contributed by atoms with Gasteiger partial charge in [0.15, 0.2) is 17.3 Å². The molecule has 0 saturated heterocycles. The van der Waals surface area contributed by atoms with E-state index in [1.807, 2.05) is 13.8 Å². The van der Waals surface area contributed by atoms with E-state index in [1.165, 1.54) is 24.3 Å². The Labute approximate surface area is 316 Å². The van der Waals surface area contributed by atoms with Gasteiger partial charge in [-0.3, -0.25) is 14.4 Å². The minimum absolute atomic E-state index is 0.0425. The van der Waals surface area contributed by atoms with Crippen LogP contribution in [0.5, 0.6) is 0 Å². The monoisotopic (exact) mass is 740 g/mol. The van der Waals surface area contributed by atoms with Crippen LogP contribution >= 0.6 is 0 Å². The molecule has 0 radical (unpaired) electrons. The van der Waals surface area contributed by atoms with E-state index in [-0.39, 0.29) is 45.4 Å². The van der Waals surface area contributed by atoms with E-state index in [1.54, 1.807) is 27.7 Å². The van der Waals surface area contributed by atoms with Crippen molar-refractivity contribution in [3.8, 4) is 0 Å².